The predicted molar refractivity (Wildman–Crippen MR) is 80.8 cm³/mol. The molecule has 0 saturated carbocycles. The zero-order chi connectivity index (χ0) is 16.1. The van der Waals surface area contributed by atoms with E-state index < -0.39 is 0 Å². The van der Waals surface area contributed by atoms with Gasteiger partial charge < -0.3 is 14.8 Å². The van der Waals surface area contributed by atoms with Crippen LogP contribution in [0.3, 0.4) is 0 Å². The normalized spacial score (nSPS) is 21.1. The van der Waals surface area contributed by atoms with Crippen molar-refractivity contribution in [3.8, 4) is 0 Å². The molecule has 3 rings (SSSR count). The Morgan fingerprint density at radius 3 is 2.96 bits per heavy atom. The minimum atomic E-state index is -0.105. The van der Waals surface area contributed by atoms with Crippen LogP contribution in [-0.2, 0) is 16.0 Å². The zero-order valence-corrected chi connectivity index (χ0v) is 12.9. The molecular formula is C15H19N5O3. The first-order valence-corrected chi connectivity index (χ1v) is 7.47. The van der Waals surface area contributed by atoms with Gasteiger partial charge in [-0.15, -0.1) is 5.10 Å². The van der Waals surface area contributed by atoms with Gasteiger partial charge in [-0.05, 0) is 34.5 Å². The van der Waals surface area contributed by atoms with Crippen molar-refractivity contribution in [2.45, 2.75) is 25.1 Å². The van der Waals surface area contributed by atoms with Crippen LogP contribution in [0, 0.1) is 0 Å². The molecule has 2 heterocycles. The highest BCUT2D eigenvalue weighted by Crippen LogP contribution is 2.12. The van der Waals surface area contributed by atoms with Crippen molar-refractivity contribution in [3.05, 3.63) is 41.7 Å². The lowest BCUT2D eigenvalue weighted by Gasteiger charge is -2.31. The fourth-order valence-corrected chi connectivity index (χ4v) is 2.56. The standard InChI is InChI=1S/C15H19N5O3/c1-22-14-9-23-7-6-13(14)17-15(21)12-4-2-11(3-5-12)8-20-10-16-18-19-20/h2-5,10,13-14H,6-9H2,1H3,(H,17,21)/t13-,14-/m1/s1. The third-order valence-corrected chi connectivity index (χ3v) is 3.88. The van der Waals surface area contributed by atoms with Crippen LogP contribution in [0.1, 0.15) is 22.3 Å². The molecule has 23 heavy (non-hydrogen) atoms. The van der Waals surface area contributed by atoms with E-state index in [1.54, 1.807) is 30.3 Å². The van der Waals surface area contributed by atoms with Gasteiger partial charge in [-0.1, -0.05) is 12.1 Å². The molecule has 1 saturated heterocycles. The smallest absolute Gasteiger partial charge is 0.251 e. The first kappa shape index (κ1) is 15.6. The minimum Gasteiger partial charge on any atom is -0.379 e. The molecule has 0 radical (unpaired) electrons. The van der Waals surface area contributed by atoms with Gasteiger partial charge in [-0.2, -0.15) is 0 Å². The summed E-state index contributed by atoms with van der Waals surface area (Å²) in [5, 5.41) is 14.0. The molecule has 0 aliphatic carbocycles. The van der Waals surface area contributed by atoms with Crippen LogP contribution in [0.5, 0.6) is 0 Å². The molecule has 0 spiro atoms. The van der Waals surface area contributed by atoms with E-state index in [1.165, 1.54) is 0 Å². The molecule has 1 N–H and O–H groups in total. The molecule has 1 aromatic heterocycles. The van der Waals surface area contributed by atoms with Crippen LogP contribution in [0.2, 0.25) is 0 Å². The molecule has 1 aliphatic rings. The highest BCUT2D eigenvalue weighted by Gasteiger charge is 2.27. The maximum absolute atomic E-state index is 12.4. The Kier molecular flexibility index (Phi) is 4.94. The lowest BCUT2D eigenvalue weighted by atomic mass is 10.0. The lowest BCUT2D eigenvalue weighted by molar-refractivity contribution is -0.0479. The summed E-state index contributed by atoms with van der Waals surface area (Å²) in [7, 11) is 1.63. The number of carbonyl (C=O) groups excluding carboxylic acids is 1. The molecule has 1 fully saturated rings. The molecule has 1 aliphatic heterocycles. The molecule has 1 amide bonds. The molecular weight excluding hydrogens is 298 g/mol. The maximum atomic E-state index is 12.4. The summed E-state index contributed by atoms with van der Waals surface area (Å²) in [5.41, 5.74) is 1.64. The molecule has 8 heteroatoms. The van der Waals surface area contributed by atoms with Gasteiger partial charge in [0.25, 0.3) is 5.91 Å². The zero-order valence-electron chi connectivity index (χ0n) is 12.9. The summed E-state index contributed by atoms with van der Waals surface area (Å²) < 4.78 is 12.3. The largest absolute Gasteiger partial charge is 0.379 e. The van der Waals surface area contributed by atoms with Gasteiger partial charge in [0, 0.05) is 19.3 Å². The molecule has 0 bridgehead atoms. The van der Waals surface area contributed by atoms with Gasteiger partial charge in [0.15, 0.2) is 0 Å². The number of methoxy groups -OCH3 is 1. The number of hydrogen-bond acceptors (Lipinski definition) is 6. The fourth-order valence-electron chi connectivity index (χ4n) is 2.56. The first-order chi connectivity index (χ1) is 11.3. The Morgan fingerprint density at radius 1 is 1.43 bits per heavy atom. The van der Waals surface area contributed by atoms with Crippen LogP contribution in [-0.4, -0.2) is 58.6 Å². The second kappa shape index (κ2) is 7.30. The summed E-state index contributed by atoms with van der Waals surface area (Å²) in [5.74, 6) is -0.104. The Balaban J connectivity index is 1.61. The van der Waals surface area contributed by atoms with E-state index in [4.69, 9.17) is 9.47 Å². The monoisotopic (exact) mass is 317 g/mol. The second-order valence-corrected chi connectivity index (χ2v) is 5.42. The van der Waals surface area contributed by atoms with E-state index in [9.17, 15) is 4.79 Å². The van der Waals surface area contributed by atoms with E-state index in [0.717, 1.165) is 12.0 Å². The van der Waals surface area contributed by atoms with Crippen molar-refractivity contribution in [2.75, 3.05) is 20.3 Å². The Labute approximate surface area is 133 Å². The number of benzene rings is 1. The average molecular weight is 317 g/mol. The highest BCUT2D eigenvalue weighted by molar-refractivity contribution is 5.94. The molecule has 2 atom stereocenters. The summed E-state index contributed by atoms with van der Waals surface area (Å²) in [6, 6.07) is 7.37. The van der Waals surface area contributed by atoms with Gasteiger partial charge in [-0.25, -0.2) is 4.68 Å². The molecule has 1 aromatic carbocycles. The van der Waals surface area contributed by atoms with Crippen molar-refractivity contribution in [2.24, 2.45) is 0 Å². The van der Waals surface area contributed by atoms with Crippen LogP contribution in [0.25, 0.3) is 0 Å². The third kappa shape index (κ3) is 3.91. The SMILES string of the molecule is CO[C@@H]1COCC[C@H]1NC(=O)c1ccc(Cn2cnnn2)cc1. The number of hydrogen-bond donors (Lipinski definition) is 1. The summed E-state index contributed by atoms with van der Waals surface area (Å²) in [4.78, 5) is 12.4. The Morgan fingerprint density at radius 2 is 2.26 bits per heavy atom. The van der Waals surface area contributed by atoms with Crippen LogP contribution in [0.15, 0.2) is 30.6 Å². The fraction of sp³-hybridized carbons (Fsp3) is 0.467. The van der Waals surface area contributed by atoms with E-state index in [-0.39, 0.29) is 18.1 Å². The van der Waals surface area contributed by atoms with E-state index >= 15 is 0 Å². The van der Waals surface area contributed by atoms with Crippen molar-refractivity contribution in [3.63, 3.8) is 0 Å². The maximum Gasteiger partial charge on any atom is 0.251 e. The number of aromatic nitrogens is 4. The molecule has 2 aromatic rings. The summed E-state index contributed by atoms with van der Waals surface area (Å²) >= 11 is 0. The van der Waals surface area contributed by atoms with Crippen molar-refractivity contribution >= 4 is 5.91 Å². The average Bonchev–Trinajstić information content (AvgIpc) is 3.09. The van der Waals surface area contributed by atoms with Gasteiger partial charge >= 0.3 is 0 Å². The number of tetrazole rings is 1. The summed E-state index contributed by atoms with van der Waals surface area (Å²) in [6.45, 7) is 1.71. The van der Waals surface area contributed by atoms with Crippen LogP contribution >= 0.6 is 0 Å². The number of ether oxygens (including phenoxy) is 2. The van der Waals surface area contributed by atoms with Gasteiger partial charge in [0.2, 0.25) is 0 Å². The molecule has 0 unspecified atom stereocenters. The first-order valence-electron chi connectivity index (χ1n) is 7.47. The quantitative estimate of drug-likeness (QED) is 0.850. The van der Waals surface area contributed by atoms with Crippen molar-refractivity contribution in [1.82, 2.24) is 25.5 Å². The van der Waals surface area contributed by atoms with E-state index in [2.05, 4.69) is 20.8 Å². The third-order valence-electron chi connectivity index (χ3n) is 3.88. The minimum absolute atomic E-state index is 0.0258. The number of nitrogens with zero attached hydrogens (tertiary/aromatic N) is 4. The van der Waals surface area contributed by atoms with Gasteiger partial charge in [-0.3, -0.25) is 4.79 Å². The lowest BCUT2D eigenvalue weighted by Crippen LogP contribution is -2.49. The predicted octanol–water partition coefficient (Wildman–Crippen LogP) is 0.255. The number of nitrogens with one attached hydrogen (secondary N) is 1. The molecule has 8 nitrogen and oxygen atoms in total. The topological polar surface area (TPSA) is 91.2 Å². The number of amides is 1. The number of rotatable bonds is 5. The Hall–Kier alpha value is -2.32. The molecule has 122 valence electrons. The summed E-state index contributed by atoms with van der Waals surface area (Å²) in [6.07, 6.45) is 2.20. The van der Waals surface area contributed by atoms with Gasteiger partial charge in [0.05, 0.1) is 19.2 Å². The van der Waals surface area contributed by atoms with Crippen LogP contribution < -0.4 is 5.32 Å². The second-order valence-electron chi connectivity index (χ2n) is 5.42. The van der Waals surface area contributed by atoms with Crippen molar-refractivity contribution < 1.29 is 14.3 Å². The number of carbonyl (C=O) groups is 1. The Bertz CT molecular complexity index is 629. The van der Waals surface area contributed by atoms with Crippen molar-refractivity contribution in [1.29, 1.82) is 0 Å². The highest BCUT2D eigenvalue weighted by atomic mass is 16.5. The van der Waals surface area contributed by atoms with E-state index in [0.29, 0.717) is 25.3 Å². The van der Waals surface area contributed by atoms with Crippen LogP contribution in [0.4, 0.5) is 0 Å². The van der Waals surface area contributed by atoms with Gasteiger partial charge in [0.1, 0.15) is 12.4 Å². The van der Waals surface area contributed by atoms with E-state index in [1.807, 2.05) is 12.1 Å².